The minimum Gasteiger partial charge on any atom is -0.383 e. The summed E-state index contributed by atoms with van der Waals surface area (Å²) >= 11 is 0. The summed E-state index contributed by atoms with van der Waals surface area (Å²) in [5, 5.41) is 9.71. The second-order valence-corrected chi connectivity index (χ2v) is 5.49. The Morgan fingerprint density at radius 1 is 1.44 bits per heavy atom. The molecule has 1 aromatic rings. The standard InChI is InChI=1S/C10H20N4O3S/c1-4-11-7-9-8(2)13-14-10(9)18(15,16)12-5-6-17-3/h11-12H,4-7H2,1-3H3,(H,13,14). The molecule has 0 aromatic carbocycles. The van der Waals surface area contributed by atoms with Gasteiger partial charge < -0.3 is 10.1 Å². The second kappa shape index (κ2) is 6.83. The highest BCUT2D eigenvalue weighted by molar-refractivity contribution is 7.89. The van der Waals surface area contributed by atoms with Gasteiger partial charge in [-0.15, -0.1) is 0 Å². The molecule has 1 heterocycles. The van der Waals surface area contributed by atoms with Gasteiger partial charge in [-0.1, -0.05) is 6.92 Å². The Morgan fingerprint density at radius 2 is 2.17 bits per heavy atom. The Balaban J connectivity index is 2.87. The van der Waals surface area contributed by atoms with Gasteiger partial charge in [-0.3, -0.25) is 5.10 Å². The van der Waals surface area contributed by atoms with E-state index in [0.717, 1.165) is 12.2 Å². The van der Waals surface area contributed by atoms with E-state index in [1.807, 2.05) is 6.92 Å². The number of nitrogens with zero attached hydrogens (tertiary/aromatic N) is 1. The fraction of sp³-hybridized carbons (Fsp3) is 0.700. The number of nitrogens with one attached hydrogen (secondary N) is 3. The molecule has 0 atom stereocenters. The zero-order valence-electron chi connectivity index (χ0n) is 10.9. The van der Waals surface area contributed by atoms with Gasteiger partial charge in [-0.25, -0.2) is 13.1 Å². The summed E-state index contributed by atoms with van der Waals surface area (Å²) in [6.07, 6.45) is 0. The maximum absolute atomic E-state index is 12.0. The lowest BCUT2D eigenvalue weighted by molar-refractivity contribution is 0.204. The Kier molecular flexibility index (Phi) is 5.73. The summed E-state index contributed by atoms with van der Waals surface area (Å²) in [5.74, 6) is 0. The number of ether oxygens (including phenoxy) is 1. The lowest BCUT2D eigenvalue weighted by Crippen LogP contribution is -2.29. The molecule has 0 unspecified atom stereocenters. The first kappa shape index (κ1) is 15.1. The largest absolute Gasteiger partial charge is 0.383 e. The van der Waals surface area contributed by atoms with E-state index >= 15 is 0 Å². The van der Waals surface area contributed by atoms with E-state index in [4.69, 9.17) is 4.74 Å². The van der Waals surface area contributed by atoms with Crippen molar-refractivity contribution in [1.29, 1.82) is 0 Å². The van der Waals surface area contributed by atoms with Crippen molar-refractivity contribution < 1.29 is 13.2 Å². The summed E-state index contributed by atoms with van der Waals surface area (Å²) in [6.45, 7) is 5.55. The van der Waals surface area contributed by atoms with Gasteiger partial charge in [-0.2, -0.15) is 5.10 Å². The minimum absolute atomic E-state index is 0.0528. The summed E-state index contributed by atoms with van der Waals surface area (Å²) < 4.78 is 31.3. The predicted octanol–water partition coefficient (Wildman–Crippen LogP) is -0.248. The van der Waals surface area contributed by atoms with Crippen LogP contribution in [-0.2, 0) is 21.3 Å². The van der Waals surface area contributed by atoms with Gasteiger partial charge in [0, 0.05) is 31.5 Å². The molecule has 0 spiro atoms. The van der Waals surface area contributed by atoms with E-state index in [-0.39, 0.29) is 11.6 Å². The summed E-state index contributed by atoms with van der Waals surface area (Å²) in [7, 11) is -2.07. The van der Waals surface area contributed by atoms with E-state index in [9.17, 15) is 8.42 Å². The lowest BCUT2D eigenvalue weighted by Gasteiger charge is -2.07. The molecular formula is C10H20N4O3S. The van der Waals surface area contributed by atoms with Crippen LogP contribution in [0.25, 0.3) is 0 Å². The molecule has 3 N–H and O–H groups in total. The van der Waals surface area contributed by atoms with Gasteiger partial charge >= 0.3 is 0 Å². The SMILES string of the molecule is CCNCc1c(S(=O)(=O)NCCOC)n[nH]c1C. The quantitative estimate of drug-likeness (QED) is 0.569. The summed E-state index contributed by atoms with van der Waals surface area (Å²) in [4.78, 5) is 0. The molecule has 18 heavy (non-hydrogen) atoms. The van der Waals surface area contributed by atoms with Gasteiger partial charge in [0.25, 0.3) is 10.0 Å². The van der Waals surface area contributed by atoms with Crippen molar-refractivity contribution in [1.82, 2.24) is 20.2 Å². The molecule has 0 fully saturated rings. The van der Waals surface area contributed by atoms with Gasteiger partial charge in [0.05, 0.1) is 6.61 Å². The number of hydrogen-bond donors (Lipinski definition) is 3. The Hall–Kier alpha value is -0.960. The third-order valence-electron chi connectivity index (χ3n) is 2.44. The average Bonchev–Trinajstić information content (AvgIpc) is 2.69. The first-order valence-electron chi connectivity index (χ1n) is 5.76. The van der Waals surface area contributed by atoms with Crippen LogP contribution < -0.4 is 10.0 Å². The Morgan fingerprint density at radius 3 is 2.78 bits per heavy atom. The van der Waals surface area contributed by atoms with Crippen LogP contribution in [0.4, 0.5) is 0 Å². The average molecular weight is 276 g/mol. The highest BCUT2D eigenvalue weighted by Crippen LogP contribution is 2.15. The molecule has 8 heteroatoms. The number of aromatic nitrogens is 2. The highest BCUT2D eigenvalue weighted by atomic mass is 32.2. The second-order valence-electron chi connectivity index (χ2n) is 3.80. The van der Waals surface area contributed by atoms with Crippen molar-refractivity contribution in [3.8, 4) is 0 Å². The third kappa shape index (κ3) is 3.77. The van der Waals surface area contributed by atoms with Crippen LogP contribution in [0.3, 0.4) is 0 Å². The van der Waals surface area contributed by atoms with Crippen molar-refractivity contribution in [2.45, 2.75) is 25.4 Å². The van der Waals surface area contributed by atoms with Crippen LogP contribution in [0.5, 0.6) is 0 Å². The van der Waals surface area contributed by atoms with Crippen molar-refractivity contribution in [3.05, 3.63) is 11.3 Å². The van der Waals surface area contributed by atoms with Crippen LogP contribution in [0.2, 0.25) is 0 Å². The maximum Gasteiger partial charge on any atom is 0.260 e. The zero-order valence-corrected chi connectivity index (χ0v) is 11.7. The third-order valence-corrected chi connectivity index (χ3v) is 3.87. The van der Waals surface area contributed by atoms with Gasteiger partial charge in [0.1, 0.15) is 0 Å². The smallest absolute Gasteiger partial charge is 0.260 e. The van der Waals surface area contributed by atoms with Crippen LogP contribution in [0.15, 0.2) is 5.03 Å². The van der Waals surface area contributed by atoms with Crippen molar-refractivity contribution in [3.63, 3.8) is 0 Å². The van der Waals surface area contributed by atoms with E-state index in [0.29, 0.717) is 18.7 Å². The van der Waals surface area contributed by atoms with Crippen molar-refractivity contribution >= 4 is 10.0 Å². The molecule has 0 radical (unpaired) electrons. The number of H-pyrrole nitrogens is 1. The highest BCUT2D eigenvalue weighted by Gasteiger charge is 2.22. The molecule has 0 aliphatic heterocycles. The molecule has 0 saturated heterocycles. The molecule has 7 nitrogen and oxygen atoms in total. The Bertz CT molecular complexity index is 469. The summed E-state index contributed by atoms with van der Waals surface area (Å²) in [6, 6.07) is 0. The first-order chi connectivity index (χ1) is 8.53. The molecule has 0 saturated carbocycles. The molecule has 0 aliphatic carbocycles. The topological polar surface area (TPSA) is 96.1 Å². The first-order valence-corrected chi connectivity index (χ1v) is 7.24. The van der Waals surface area contributed by atoms with Crippen molar-refractivity contribution in [2.24, 2.45) is 0 Å². The van der Waals surface area contributed by atoms with E-state index in [1.165, 1.54) is 7.11 Å². The molecule has 0 aliphatic rings. The van der Waals surface area contributed by atoms with Crippen LogP contribution in [0, 0.1) is 6.92 Å². The zero-order chi connectivity index (χ0) is 13.6. The van der Waals surface area contributed by atoms with Crippen LogP contribution in [-0.4, -0.2) is 45.4 Å². The minimum atomic E-state index is -3.59. The number of aryl methyl sites for hydroxylation is 1. The number of hydrogen-bond acceptors (Lipinski definition) is 5. The van der Waals surface area contributed by atoms with Crippen molar-refractivity contribution in [2.75, 3.05) is 26.8 Å². The van der Waals surface area contributed by atoms with Gasteiger partial charge in [-0.05, 0) is 13.5 Å². The van der Waals surface area contributed by atoms with Crippen LogP contribution >= 0.6 is 0 Å². The van der Waals surface area contributed by atoms with Gasteiger partial charge in [0.2, 0.25) is 0 Å². The lowest BCUT2D eigenvalue weighted by atomic mass is 10.2. The molecule has 1 rings (SSSR count). The molecule has 0 bridgehead atoms. The van der Waals surface area contributed by atoms with Gasteiger partial charge in [0.15, 0.2) is 5.03 Å². The number of aromatic amines is 1. The maximum atomic E-state index is 12.0. The number of sulfonamides is 1. The van der Waals surface area contributed by atoms with Crippen LogP contribution in [0.1, 0.15) is 18.2 Å². The molecule has 104 valence electrons. The molecule has 0 amide bonds. The fourth-order valence-corrected chi connectivity index (χ4v) is 2.66. The molecule has 1 aromatic heterocycles. The van der Waals surface area contributed by atoms with E-state index < -0.39 is 10.0 Å². The van der Waals surface area contributed by atoms with E-state index in [2.05, 4.69) is 20.2 Å². The molecular weight excluding hydrogens is 256 g/mol. The monoisotopic (exact) mass is 276 g/mol. The predicted molar refractivity (Wildman–Crippen MR) is 67.8 cm³/mol. The number of rotatable bonds is 8. The normalized spacial score (nSPS) is 11.9. The summed E-state index contributed by atoms with van der Waals surface area (Å²) in [5.41, 5.74) is 1.42. The number of methoxy groups -OCH3 is 1. The Labute approximate surface area is 107 Å². The van der Waals surface area contributed by atoms with E-state index in [1.54, 1.807) is 6.92 Å². The fourth-order valence-electron chi connectivity index (χ4n) is 1.46.